The fourth-order valence-corrected chi connectivity index (χ4v) is 8.28. The number of likely N-dealkylation sites (N-methyl/N-ethyl adjacent to an activating group) is 1. The van der Waals surface area contributed by atoms with Crippen molar-refractivity contribution in [2.45, 2.75) is 74.9 Å². The SMILES string of the molecule is C=CCN1CC[C@]23c4c5ccc(OC(C)=O)c4O[C@H]2[C@@H](N(C)C(=O)C=Cc2ccc(C(F)(F)F)cc2)CC[C@@]3(OC(C)=O)[C@H]1C5. The van der Waals surface area contributed by atoms with Gasteiger partial charge in [-0.1, -0.05) is 24.3 Å². The van der Waals surface area contributed by atoms with Gasteiger partial charge in [0, 0.05) is 45.6 Å². The first-order valence-corrected chi connectivity index (χ1v) is 15.0. The van der Waals surface area contributed by atoms with Gasteiger partial charge in [-0.2, -0.15) is 13.2 Å². The normalized spacial score (nSPS) is 28.2. The predicted molar refractivity (Wildman–Crippen MR) is 158 cm³/mol. The van der Waals surface area contributed by atoms with Crippen LogP contribution in [0.2, 0.25) is 0 Å². The fourth-order valence-electron chi connectivity index (χ4n) is 8.28. The summed E-state index contributed by atoms with van der Waals surface area (Å²) in [6.45, 7) is 7.95. The second kappa shape index (κ2) is 11.0. The Balaban J connectivity index is 1.40. The Morgan fingerprint density at radius 3 is 2.49 bits per heavy atom. The molecule has 1 amide bonds. The van der Waals surface area contributed by atoms with Crippen LogP contribution < -0.4 is 9.47 Å². The van der Waals surface area contributed by atoms with Crippen LogP contribution in [0.15, 0.2) is 55.1 Å². The first-order valence-electron chi connectivity index (χ1n) is 15.0. The van der Waals surface area contributed by atoms with E-state index in [1.165, 1.54) is 38.1 Å². The lowest BCUT2D eigenvalue weighted by Gasteiger charge is -2.65. The zero-order valence-corrected chi connectivity index (χ0v) is 25.4. The van der Waals surface area contributed by atoms with Gasteiger partial charge < -0.3 is 19.1 Å². The molecular formula is C34H35F3N2O6. The highest BCUT2D eigenvalue weighted by atomic mass is 19.4. The summed E-state index contributed by atoms with van der Waals surface area (Å²) in [7, 11) is 1.67. The smallest absolute Gasteiger partial charge is 0.416 e. The Morgan fingerprint density at radius 1 is 1.11 bits per heavy atom. The monoisotopic (exact) mass is 624 g/mol. The van der Waals surface area contributed by atoms with Crippen LogP contribution in [-0.4, -0.2) is 71.6 Å². The molecule has 0 N–H and O–H groups in total. The van der Waals surface area contributed by atoms with Gasteiger partial charge in [0.2, 0.25) is 5.91 Å². The van der Waals surface area contributed by atoms with E-state index in [2.05, 4.69) is 11.5 Å². The van der Waals surface area contributed by atoms with Gasteiger partial charge in [0.15, 0.2) is 11.5 Å². The topological polar surface area (TPSA) is 85.4 Å². The number of hydrogen-bond donors (Lipinski definition) is 0. The third-order valence-corrected chi connectivity index (χ3v) is 9.93. The van der Waals surface area contributed by atoms with Crippen molar-refractivity contribution in [3.8, 4) is 11.5 Å². The summed E-state index contributed by atoms with van der Waals surface area (Å²) in [5, 5.41) is 0. The van der Waals surface area contributed by atoms with Gasteiger partial charge in [-0.3, -0.25) is 19.3 Å². The number of rotatable bonds is 7. The zero-order valence-electron chi connectivity index (χ0n) is 25.4. The summed E-state index contributed by atoms with van der Waals surface area (Å²) >= 11 is 0. The summed E-state index contributed by atoms with van der Waals surface area (Å²) < 4.78 is 57.8. The van der Waals surface area contributed by atoms with Gasteiger partial charge in [-0.15, -0.1) is 6.58 Å². The zero-order chi connectivity index (χ0) is 32.3. The number of carbonyl (C=O) groups is 3. The van der Waals surface area contributed by atoms with E-state index in [0.717, 1.165) is 23.3 Å². The number of likely N-dealkylation sites (tertiary alicyclic amines) is 1. The summed E-state index contributed by atoms with van der Waals surface area (Å²) in [5.41, 5.74) is -0.222. The van der Waals surface area contributed by atoms with Crippen molar-refractivity contribution in [1.29, 1.82) is 0 Å². The van der Waals surface area contributed by atoms with Crippen molar-refractivity contribution in [3.05, 3.63) is 77.4 Å². The van der Waals surface area contributed by atoms with E-state index in [0.29, 0.717) is 50.1 Å². The second-order valence-electron chi connectivity index (χ2n) is 12.3. The standard InChI is InChI=1S/C34H35F3N2O6/c1-5-17-39-18-16-32-29-23-9-12-26(43-20(2)40)30(29)44-31(32)25(14-15-33(32,27(39)19-23)45-21(3)41)38(4)28(42)13-8-22-6-10-24(11-7-22)34(35,36)37/h5-13,25,27,31H,1,14-19H2,2-4H3/t25-,27+,31-,32-,33+/m0/s1. The van der Waals surface area contributed by atoms with Gasteiger partial charge in [0.25, 0.3) is 0 Å². The van der Waals surface area contributed by atoms with Crippen molar-refractivity contribution < 1.29 is 41.8 Å². The third-order valence-electron chi connectivity index (χ3n) is 9.93. The number of halogens is 3. The predicted octanol–water partition coefficient (Wildman–Crippen LogP) is 5.08. The lowest BCUT2D eigenvalue weighted by atomic mass is 9.48. The number of ether oxygens (including phenoxy) is 3. The van der Waals surface area contributed by atoms with Crippen LogP contribution in [0, 0.1) is 0 Å². The quantitative estimate of drug-likeness (QED) is 0.184. The van der Waals surface area contributed by atoms with E-state index in [9.17, 15) is 27.6 Å². The van der Waals surface area contributed by atoms with E-state index < -0.39 is 46.8 Å². The molecule has 2 aromatic carbocycles. The van der Waals surface area contributed by atoms with Crippen LogP contribution in [0.25, 0.3) is 6.08 Å². The van der Waals surface area contributed by atoms with Crippen molar-refractivity contribution in [2.24, 2.45) is 0 Å². The molecule has 0 unspecified atom stereocenters. The Kier molecular flexibility index (Phi) is 7.58. The molecule has 45 heavy (non-hydrogen) atoms. The summed E-state index contributed by atoms with van der Waals surface area (Å²) in [6, 6.07) is 7.63. The number of alkyl halides is 3. The third kappa shape index (κ3) is 4.83. The Hall–Kier alpha value is -4.12. The number of benzene rings is 2. The van der Waals surface area contributed by atoms with Crippen LogP contribution in [-0.2, 0) is 37.1 Å². The highest BCUT2D eigenvalue weighted by molar-refractivity contribution is 5.92. The molecule has 2 aliphatic carbocycles. The van der Waals surface area contributed by atoms with Crippen LogP contribution >= 0.6 is 0 Å². The van der Waals surface area contributed by atoms with Crippen molar-refractivity contribution in [2.75, 3.05) is 20.1 Å². The summed E-state index contributed by atoms with van der Waals surface area (Å²) in [5.74, 6) is -0.543. The number of esters is 2. The molecule has 2 aromatic rings. The maximum atomic E-state index is 13.6. The van der Waals surface area contributed by atoms with E-state index in [1.807, 2.05) is 12.1 Å². The molecule has 2 heterocycles. The van der Waals surface area contributed by atoms with Crippen LogP contribution in [0.5, 0.6) is 11.5 Å². The maximum Gasteiger partial charge on any atom is 0.416 e. The summed E-state index contributed by atoms with van der Waals surface area (Å²) in [6.07, 6.45) is 1.67. The molecule has 1 spiro atoms. The van der Waals surface area contributed by atoms with Crippen molar-refractivity contribution in [3.63, 3.8) is 0 Å². The minimum Gasteiger partial charge on any atom is -0.483 e. The van der Waals surface area contributed by atoms with Gasteiger partial charge >= 0.3 is 18.1 Å². The molecule has 1 saturated heterocycles. The lowest BCUT2D eigenvalue weighted by Crippen LogP contribution is -2.79. The van der Waals surface area contributed by atoms with E-state index >= 15 is 0 Å². The van der Waals surface area contributed by atoms with E-state index in [1.54, 1.807) is 18.0 Å². The highest BCUT2D eigenvalue weighted by Crippen LogP contribution is 2.67. The molecular weight excluding hydrogens is 589 g/mol. The number of hydrogen-bond acceptors (Lipinski definition) is 7. The maximum absolute atomic E-state index is 13.6. The highest BCUT2D eigenvalue weighted by Gasteiger charge is 2.75. The number of amides is 1. The average molecular weight is 625 g/mol. The second-order valence-corrected chi connectivity index (χ2v) is 12.3. The molecule has 0 aromatic heterocycles. The Bertz CT molecular complexity index is 1590. The fraction of sp³-hybridized carbons (Fsp3) is 0.441. The Morgan fingerprint density at radius 2 is 1.84 bits per heavy atom. The molecule has 2 fully saturated rings. The molecule has 11 heteroatoms. The molecule has 2 bridgehead atoms. The molecule has 238 valence electrons. The van der Waals surface area contributed by atoms with Crippen molar-refractivity contribution in [1.82, 2.24) is 9.80 Å². The lowest BCUT2D eigenvalue weighted by molar-refractivity contribution is -0.222. The molecule has 0 radical (unpaired) electrons. The largest absolute Gasteiger partial charge is 0.483 e. The first-order chi connectivity index (χ1) is 21.3. The minimum atomic E-state index is -4.45. The van der Waals surface area contributed by atoms with Gasteiger partial charge in [0.05, 0.1) is 23.1 Å². The number of carbonyl (C=O) groups excluding carboxylic acids is 3. The van der Waals surface area contributed by atoms with E-state index in [4.69, 9.17) is 14.2 Å². The van der Waals surface area contributed by atoms with Gasteiger partial charge in [-0.25, -0.2) is 0 Å². The summed E-state index contributed by atoms with van der Waals surface area (Å²) in [4.78, 5) is 42.3. The molecule has 4 aliphatic rings. The average Bonchev–Trinajstić information content (AvgIpc) is 3.33. The van der Waals surface area contributed by atoms with Crippen LogP contribution in [0.3, 0.4) is 0 Å². The molecule has 2 aliphatic heterocycles. The molecule has 6 rings (SSSR count). The number of piperidine rings is 1. The number of nitrogens with zero attached hydrogens (tertiary/aromatic N) is 2. The van der Waals surface area contributed by atoms with Crippen molar-refractivity contribution >= 4 is 23.9 Å². The first kappa shape index (κ1) is 30.9. The van der Waals surface area contributed by atoms with Crippen LogP contribution in [0.4, 0.5) is 13.2 Å². The Labute approximate surface area is 259 Å². The molecule has 5 atom stereocenters. The molecule has 1 saturated carbocycles. The minimum absolute atomic E-state index is 0.168. The van der Waals surface area contributed by atoms with Crippen LogP contribution in [0.1, 0.15) is 55.4 Å². The van der Waals surface area contributed by atoms with E-state index in [-0.39, 0.29) is 17.7 Å². The van der Waals surface area contributed by atoms with Gasteiger partial charge in [-0.05, 0) is 61.1 Å². The van der Waals surface area contributed by atoms with Gasteiger partial charge in [0.1, 0.15) is 11.7 Å². The molecule has 8 nitrogen and oxygen atoms in total.